The number of hydrogen-bond acceptors (Lipinski definition) is 0. The van der Waals surface area contributed by atoms with Gasteiger partial charge in [0.2, 0.25) is 0 Å². The molecule has 0 unspecified atom stereocenters. The SMILES string of the molecule is CCC1(CC)c2cc(Br)ccc2-c2c3c(c4c(c21)-c1ccccc1C4(CC)CC)C(CC)(CC)c1cc(Br)ccc1-3. The highest BCUT2D eigenvalue weighted by Gasteiger charge is 2.56. The third kappa shape index (κ3) is 3.12. The van der Waals surface area contributed by atoms with Gasteiger partial charge in [-0.1, -0.05) is 110 Å². The summed E-state index contributed by atoms with van der Waals surface area (Å²) in [5, 5.41) is 0. The van der Waals surface area contributed by atoms with Crippen molar-refractivity contribution in [3.63, 3.8) is 0 Å². The quantitative estimate of drug-likeness (QED) is 0.192. The zero-order chi connectivity index (χ0) is 28.9. The second-order valence-electron chi connectivity index (χ2n) is 12.5. The first-order chi connectivity index (χ1) is 19.8. The average Bonchev–Trinajstić information content (AvgIpc) is 3.56. The van der Waals surface area contributed by atoms with E-state index in [-0.39, 0.29) is 16.2 Å². The molecule has 0 bridgehead atoms. The van der Waals surface area contributed by atoms with Gasteiger partial charge in [0.1, 0.15) is 0 Å². The molecule has 0 fully saturated rings. The summed E-state index contributed by atoms with van der Waals surface area (Å²) in [4.78, 5) is 0. The molecule has 7 rings (SSSR count). The first-order valence-corrected chi connectivity index (χ1v) is 17.4. The van der Waals surface area contributed by atoms with Gasteiger partial charge in [0.25, 0.3) is 0 Å². The summed E-state index contributed by atoms with van der Waals surface area (Å²) >= 11 is 7.77. The molecule has 0 aromatic heterocycles. The Hall–Kier alpha value is -2.16. The summed E-state index contributed by atoms with van der Waals surface area (Å²) in [6, 6.07) is 23.7. The molecule has 0 spiro atoms. The Morgan fingerprint density at radius 3 is 1.34 bits per heavy atom. The van der Waals surface area contributed by atoms with Gasteiger partial charge in [-0.25, -0.2) is 0 Å². The van der Waals surface area contributed by atoms with Crippen molar-refractivity contribution >= 4 is 31.9 Å². The first kappa shape index (κ1) is 27.7. The second kappa shape index (κ2) is 9.42. The molecular formula is C39H40Br2. The van der Waals surface area contributed by atoms with Crippen LogP contribution in [0.15, 0.2) is 69.6 Å². The molecule has 41 heavy (non-hydrogen) atoms. The standard InChI is InChI=1S/C39H40Br2/c1-7-37(8-2)28-16-14-13-15-25(28)33-34-31(26-19-17-23(40)21-29(26)38(34,9-3)10-4)32-27-20-18-24(41)22-30(27)39(11-5,12-6)35(32)36(33)37/h13-22H,7-12H2,1-6H3. The van der Waals surface area contributed by atoms with Gasteiger partial charge in [-0.15, -0.1) is 0 Å². The number of halogens is 2. The van der Waals surface area contributed by atoms with Gasteiger partial charge in [0, 0.05) is 25.2 Å². The molecule has 4 aromatic rings. The molecule has 3 aliphatic rings. The summed E-state index contributed by atoms with van der Waals surface area (Å²) in [5.74, 6) is 0. The maximum absolute atomic E-state index is 3.89. The van der Waals surface area contributed by atoms with E-state index in [1.54, 1.807) is 27.8 Å². The lowest BCUT2D eigenvalue weighted by atomic mass is 9.63. The van der Waals surface area contributed by atoms with Gasteiger partial charge >= 0.3 is 0 Å². The predicted molar refractivity (Wildman–Crippen MR) is 182 cm³/mol. The van der Waals surface area contributed by atoms with Gasteiger partial charge in [0.15, 0.2) is 0 Å². The Bertz CT molecular complexity index is 1730. The summed E-state index contributed by atoms with van der Waals surface area (Å²) in [7, 11) is 0. The van der Waals surface area contributed by atoms with E-state index in [0.717, 1.165) is 38.5 Å². The third-order valence-corrected chi connectivity index (χ3v) is 12.8. The van der Waals surface area contributed by atoms with Gasteiger partial charge < -0.3 is 0 Å². The minimum absolute atomic E-state index is 0.00952. The van der Waals surface area contributed by atoms with Crippen molar-refractivity contribution in [3.8, 4) is 33.4 Å². The minimum atomic E-state index is -0.0164. The molecule has 0 radical (unpaired) electrons. The fraction of sp³-hybridized carbons (Fsp3) is 0.385. The zero-order valence-corrected chi connectivity index (χ0v) is 28.4. The van der Waals surface area contributed by atoms with Crippen molar-refractivity contribution in [1.82, 2.24) is 0 Å². The normalized spacial score (nSPS) is 17.5. The Kier molecular flexibility index (Phi) is 6.35. The van der Waals surface area contributed by atoms with Gasteiger partial charge in [-0.2, -0.15) is 0 Å². The maximum atomic E-state index is 3.89. The monoisotopic (exact) mass is 666 g/mol. The van der Waals surface area contributed by atoms with E-state index in [1.807, 2.05) is 0 Å². The van der Waals surface area contributed by atoms with E-state index in [0.29, 0.717) is 0 Å². The zero-order valence-electron chi connectivity index (χ0n) is 25.3. The van der Waals surface area contributed by atoms with E-state index >= 15 is 0 Å². The van der Waals surface area contributed by atoms with Crippen LogP contribution in [0.25, 0.3) is 33.4 Å². The highest BCUT2D eigenvalue weighted by atomic mass is 79.9. The van der Waals surface area contributed by atoms with Gasteiger partial charge in [-0.05, 0) is 130 Å². The molecule has 2 heteroatoms. The largest absolute Gasteiger partial charge is 0.0642 e. The van der Waals surface area contributed by atoms with Gasteiger partial charge in [-0.3, -0.25) is 0 Å². The molecule has 0 N–H and O–H groups in total. The fourth-order valence-electron chi connectivity index (χ4n) is 9.73. The lowest BCUT2D eigenvalue weighted by Crippen LogP contribution is -2.32. The van der Waals surface area contributed by atoms with Crippen LogP contribution in [-0.4, -0.2) is 0 Å². The van der Waals surface area contributed by atoms with Crippen LogP contribution < -0.4 is 0 Å². The van der Waals surface area contributed by atoms with Crippen LogP contribution in [0.3, 0.4) is 0 Å². The van der Waals surface area contributed by atoms with Crippen molar-refractivity contribution in [2.75, 3.05) is 0 Å². The summed E-state index contributed by atoms with van der Waals surface area (Å²) < 4.78 is 2.37. The molecule has 0 aliphatic heterocycles. The van der Waals surface area contributed by atoms with Crippen molar-refractivity contribution in [3.05, 3.63) is 103 Å². The minimum Gasteiger partial charge on any atom is -0.0642 e. The van der Waals surface area contributed by atoms with Crippen LogP contribution >= 0.6 is 31.9 Å². The fourth-order valence-corrected chi connectivity index (χ4v) is 10.5. The molecule has 0 nitrogen and oxygen atoms in total. The van der Waals surface area contributed by atoms with Crippen LogP contribution in [0.5, 0.6) is 0 Å². The number of benzene rings is 4. The third-order valence-electron chi connectivity index (χ3n) is 11.8. The van der Waals surface area contributed by atoms with Crippen molar-refractivity contribution in [1.29, 1.82) is 0 Å². The van der Waals surface area contributed by atoms with Crippen LogP contribution in [0.2, 0.25) is 0 Å². The Morgan fingerprint density at radius 2 is 0.829 bits per heavy atom. The first-order valence-electron chi connectivity index (χ1n) is 15.8. The van der Waals surface area contributed by atoms with E-state index in [9.17, 15) is 0 Å². The lowest BCUT2D eigenvalue weighted by Gasteiger charge is -2.39. The van der Waals surface area contributed by atoms with Crippen LogP contribution in [0.4, 0.5) is 0 Å². The average molecular weight is 669 g/mol. The number of rotatable bonds is 6. The highest BCUT2D eigenvalue weighted by molar-refractivity contribution is 9.10. The molecule has 0 amide bonds. The summed E-state index contributed by atoms with van der Waals surface area (Å²) in [5.41, 5.74) is 18.5. The molecule has 0 heterocycles. The van der Waals surface area contributed by atoms with Gasteiger partial charge in [0.05, 0.1) is 0 Å². The predicted octanol–water partition coefficient (Wildman–Crippen LogP) is 12.5. The molecule has 0 saturated heterocycles. The lowest BCUT2D eigenvalue weighted by molar-refractivity contribution is 0.445. The van der Waals surface area contributed by atoms with Crippen LogP contribution in [0.1, 0.15) is 113 Å². The molecular weight excluding hydrogens is 628 g/mol. The van der Waals surface area contributed by atoms with E-state index in [1.165, 1.54) is 47.9 Å². The van der Waals surface area contributed by atoms with Crippen LogP contribution in [0, 0.1) is 0 Å². The van der Waals surface area contributed by atoms with Crippen molar-refractivity contribution in [2.24, 2.45) is 0 Å². The Morgan fingerprint density at radius 1 is 0.439 bits per heavy atom. The van der Waals surface area contributed by atoms with E-state index in [2.05, 4.69) is 134 Å². The number of fused-ring (bicyclic) bond motifs is 12. The number of hydrogen-bond donors (Lipinski definition) is 0. The van der Waals surface area contributed by atoms with E-state index < -0.39 is 0 Å². The summed E-state index contributed by atoms with van der Waals surface area (Å²) in [6.07, 6.45) is 6.63. The smallest absolute Gasteiger partial charge is 0.0216 e. The maximum Gasteiger partial charge on any atom is 0.0216 e. The van der Waals surface area contributed by atoms with E-state index in [4.69, 9.17) is 0 Å². The van der Waals surface area contributed by atoms with Crippen LogP contribution in [-0.2, 0) is 16.2 Å². The second-order valence-corrected chi connectivity index (χ2v) is 14.4. The molecule has 0 atom stereocenters. The topological polar surface area (TPSA) is 0 Å². The van der Waals surface area contributed by atoms with Crippen molar-refractivity contribution in [2.45, 2.75) is 96.3 Å². The molecule has 4 aromatic carbocycles. The Labute approximate surface area is 263 Å². The molecule has 210 valence electrons. The molecule has 3 aliphatic carbocycles. The Balaban J connectivity index is 1.81. The van der Waals surface area contributed by atoms with Crippen molar-refractivity contribution < 1.29 is 0 Å². The summed E-state index contributed by atoms with van der Waals surface area (Å²) in [6.45, 7) is 14.6. The molecule has 0 saturated carbocycles. The highest BCUT2D eigenvalue weighted by Crippen LogP contribution is 2.70.